The van der Waals surface area contributed by atoms with Crippen LogP contribution in [-0.2, 0) is 0 Å². The predicted octanol–water partition coefficient (Wildman–Crippen LogP) is 4.23. The minimum atomic E-state index is 0.684. The second-order valence-corrected chi connectivity index (χ2v) is 5.64. The van der Waals surface area contributed by atoms with Crippen molar-refractivity contribution in [3.63, 3.8) is 0 Å². The largest absolute Gasteiger partial charge is 0.0922 e. The molecule has 0 aromatic carbocycles. The average molecular weight is 233 g/mol. The highest BCUT2D eigenvalue weighted by Gasteiger charge is 2.40. The van der Waals surface area contributed by atoms with Crippen LogP contribution >= 0.6 is 15.9 Å². The van der Waals surface area contributed by atoms with Crippen molar-refractivity contribution in [3.8, 4) is 0 Å². The lowest BCUT2D eigenvalue weighted by molar-refractivity contribution is 0.0777. The molecule has 1 saturated carbocycles. The second kappa shape index (κ2) is 4.13. The lowest BCUT2D eigenvalue weighted by Gasteiger charge is -2.46. The van der Waals surface area contributed by atoms with Gasteiger partial charge in [0.05, 0.1) is 0 Å². The van der Waals surface area contributed by atoms with E-state index in [9.17, 15) is 0 Å². The first kappa shape index (κ1) is 10.6. The smallest absolute Gasteiger partial charge is 0.00881 e. The Hall–Kier alpha value is 0.480. The number of alkyl halides is 1. The summed E-state index contributed by atoms with van der Waals surface area (Å²) in [5, 5.41) is 1.22. The Balaban J connectivity index is 2.27. The summed E-state index contributed by atoms with van der Waals surface area (Å²) in [5.74, 6) is 1.85. The average Bonchev–Trinajstić information content (AvgIpc) is 1.95. The summed E-state index contributed by atoms with van der Waals surface area (Å²) in [4.78, 5) is 0. The molecule has 1 fully saturated rings. The lowest BCUT2D eigenvalue weighted by Crippen LogP contribution is -2.37. The second-order valence-electron chi connectivity index (χ2n) is 5.08. The van der Waals surface area contributed by atoms with Gasteiger partial charge in [0, 0.05) is 5.33 Å². The first-order chi connectivity index (χ1) is 5.58. The van der Waals surface area contributed by atoms with E-state index in [1.165, 1.54) is 31.0 Å². The highest BCUT2D eigenvalue weighted by atomic mass is 79.9. The van der Waals surface area contributed by atoms with Crippen LogP contribution in [0.15, 0.2) is 0 Å². The molecule has 0 saturated heterocycles. The molecule has 0 N–H and O–H groups in total. The highest BCUT2D eigenvalue weighted by molar-refractivity contribution is 9.09. The Kier molecular flexibility index (Phi) is 3.63. The third-order valence-electron chi connectivity index (χ3n) is 3.10. The van der Waals surface area contributed by atoms with Crippen molar-refractivity contribution >= 4 is 15.9 Å². The third-order valence-corrected chi connectivity index (χ3v) is 4.29. The number of hydrogen-bond donors (Lipinski definition) is 0. The molecule has 1 aliphatic carbocycles. The fraction of sp³-hybridized carbons (Fsp3) is 1.00. The van der Waals surface area contributed by atoms with Crippen LogP contribution in [-0.4, -0.2) is 5.33 Å². The van der Waals surface area contributed by atoms with Crippen LogP contribution in [0.4, 0.5) is 0 Å². The molecule has 0 radical (unpaired) electrons. The maximum absolute atomic E-state index is 3.66. The van der Waals surface area contributed by atoms with Crippen molar-refractivity contribution in [2.45, 2.75) is 46.5 Å². The molecular formula is C11H21Br. The SMILES string of the molecule is CC(C)CCC1(CBr)CC(C)C1. The van der Waals surface area contributed by atoms with Gasteiger partial charge in [-0.25, -0.2) is 0 Å². The molecule has 0 nitrogen and oxygen atoms in total. The van der Waals surface area contributed by atoms with Crippen LogP contribution in [0.1, 0.15) is 46.5 Å². The van der Waals surface area contributed by atoms with E-state index in [4.69, 9.17) is 0 Å². The van der Waals surface area contributed by atoms with Gasteiger partial charge in [0.1, 0.15) is 0 Å². The molecule has 0 aromatic heterocycles. The molecule has 0 bridgehead atoms. The molecule has 0 unspecified atom stereocenters. The molecule has 1 aliphatic rings. The normalized spacial score (nSPS) is 35.2. The number of rotatable bonds is 4. The molecule has 0 aromatic rings. The van der Waals surface area contributed by atoms with Gasteiger partial charge in [0.2, 0.25) is 0 Å². The monoisotopic (exact) mass is 232 g/mol. The van der Waals surface area contributed by atoms with Gasteiger partial charge < -0.3 is 0 Å². The number of hydrogen-bond acceptors (Lipinski definition) is 0. The molecule has 0 spiro atoms. The van der Waals surface area contributed by atoms with Crippen LogP contribution < -0.4 is 0 Å². The van der Waals surface area contributed by atoms with E-state index in [1.54, 1.807) is 0 Å². The fourth-order valence-electron chi connectivity index (χ4n) is 2.39. The van der Waals surface area contributed by atoms with E-state index >= 15 is 0 Å². The molecular weight excluding hydrogens is 212 g/mol. The van der Waals surface area contributed by atoms with Gasteiger partial charge in [-0.3, -0.25) is 0 Å². The molecule has 0 heterocycles. The molecule has 0 amide bonds. The van der Waals surface area contributed by atoms with Crippen molar-refractivity contribution < 1.29 is 0 Å². The summed E-state index contributed by atoms with van der Waals surface area (Å²) in [5.41, 5.74) is 0.684. The molecule has 1 rings (SSSR count). The summed E-state index contributed by atoms with van der Waals surface area (Å²) in [6.07, 6.45) is 5.73. The van der Waals surface area contributed by atoms with Gasteiger partial charge in [0.15, 0.2) is 0 Å². The van der Waals surface area contributed by atoms with E-state index in [0.717, 1.165) is 11.8 Å². The van der Waals surface area contributed by atoms with Crippen molar-refractivity contribution in [1.29, 1.82) is 0 Å². The van der Waals surface area contributed by atoms with Crippen molar-refractivity contribution in [2.24, 2.45) is 17.3 Å². The Morgan fingerprint density at radius 3 is 2.33 bits per heavy atom. The van der Waals surface area contributed by atoms with E-state index in [1.807, 2.05) is 0 Å². The van der Waals surface area contributed by atoms with E-state index < -0.39 is 0 Å². The Labute approximate surface area is 85.3 Å². The quantitative estimate of drug-likeness (QED) is 0.637. The van der Waals surface area contributed by atoms with Crippen molar-refractivity contribution in [3.05, 3.63) is 0 Å². The van der Waals surface area contributed by atoms with Crippen LogP contribution in [0.5, 0.6) is 0 Å². The zero-order valence-corrected chi connectivity index (χ0v) is 10.2. The summed E-state index contributed by atoms with van der Waals surface area (Å²) in [6, 6.07) is 0. The summed E-state index contributed by atoms with van der Waals surface area (Å²) < 4.78 is 0. The molecule has 0 aliphatic heterocycles. The fourth-order valence-corrected chi connectivity index (χ4v) is 3.13. The van der Waals surface area contributed by atoms with Crippen LogP contribution in [0.2, 0.25) is 0 Å². The van der Waals surface area contributed by atoms with Crippen molar-refractivity contribution in [1.82, 2.24) is 0 Å². The standard InChI is InChI=1S/C11H21Br/c1-9(2)4-5-11(8-12)6-10(3)7-11/h9-10H,4-8H2,1-3H3. The van der Waals surface area contributed by atoms with Gasteiger partial charge in [0.25, 0.3) is 0 Å². The molecule has 0 atom stereocenters. The summed E-state index contributed by atoms with van der Waals surface area (Å²) in [7, 11) is 0. The molecule has 72 valence electrons. The first-order valence-corrected chi connectivity index (χ1v) is 6.26. The minimum absolute atomic E-state index is 0.684. The topological polar surface area (TPSA) is 0 Å². The minimum Gasteiger partial charge on any atom is -0.0922 e. The third kappa shape index (κ3) is 2.48. The molecule has 12 heavy (non-hydrogen) atoms. The summed E-state index contributed by atoms with van der Waals surface area (Å²) in [6.45, 7) is 7.02. The predicted molar refractivity (Wildman–Crippen MR) is 58.7 cm³/mol. The van der Waals surface area contributed by atoms with Gasteiger partial charge in [-0.1, -0.05) is 43.1 Å². The zero-order valence-electron chi connectivity index (χ0n) is 8.57. The van der Waals surface area contributed by atoms with Crippen molar-refractivity contribution in [2.75, 3.05) is 5.33 Å². The Bertz CT molecular complexity index is 134. The Morgan fingerprint density at radius 1 is 1.42 bits per heavy atom. The van der Waals surface area contributed by atoms with Crippen LogP contribution in [0, 0.1) is 17.3 Å². The zero-order chi connectivity index (χ0) is 9.19. The van der Waals surface area contributed by atoms with Gasteiger partial charge in [-0.15, -0.1) is 0 Å². The maximum atomic E-state index is 3.66. The van der Waals surface area contributed by atoms with Gasteiger partial charge in [-0.05, 0) is 36.5 Å². The Morgan fingerprint density at radius 2 is 2.00 bits per heavy atom. The first-order valence-electron chi connectivity index (χ1n) is 5.14. The van der Waals surface area contributed by atoms with Gasteiger partial charge >= 0.3 is 0 Å². The lowest BCUT2D eigenvalue weighted by atomic mass is 9.61. The maximum Gasteiger partial charge on any atom is 0.00881 e. The van der Waals surface area contributed by atoms with E-state index in [0.29, 0.717) is 5.41 Å². The van der Waals surface area contributed by atoms with Crippen LogP contribution in [0.3, 0.4) is 0 Å². The summed E-state index contributed by atoms with van der Waals surface area (Å²) >= 11 is 3.66. The number of halogens is 1. The van der Waals surface area contributed by atoms with E-state index in [-0.39, 0.29) is 0 Å². The molecule has 1 heteroatoms. The van der Waals surface area contributed by atoms with Gasteiger partial charge in [-0.2, -0.15) is 0 Å². The van der Waals surface area contributed by atoms with Crippen LogP contribution in [0.25, 0.3) is 0 Å². The highest BCUT2D eigenvalue weighted by Crippen LogP contribution is 2.50. The van der Waals surface area contributed by atoms with E-state index in [2.05, 4.69) is 36.7 Å².